The molecular formula is C8H13NaO7S. The number of aliphatic carboxylic acids is 1. The SMILES string of the molecule is CCC(C(=O)OC)(C(C)C(=O)[O-])S(=O)(=O)O.[Na+]. The number of methoxy groups -OCH3 is 1. The number of ether oxygens (including phenoxy) is 1. The molecule has 1 N–H and O–H groups in total. The van der Waals surface area contributed by atoms with E-state index in [9.17, 15) is 23.1 Å². The summed E-state index contributed by atoms with van der Waals surface area (Å²) in [7, 11) is -4.02. The summed E-state index contributed by atoms with van der Waals surface area (Å²) in [6.07, 6.45) is -0.437. The van der Waals surface area contributed by atoms with Gasteiger partial charge in [0.15, 0.2) is 0 Å². The van der Waals surface area contributed by atoms with Gasteiger partial charge in [-0.05, 0) is 6.42 Å². The van der Waals surface area contributed by atoms with E-state index in [0.29, 0.717) is 0 Å². The minimum Gasteiger partial charge on any atom is -0.550 e. The minimum absolute atomic E-state index is 0. The maximum atomic E-state index is 11.4. The van der Waals surface area contributed by atoms with Gasteiger partial charge in [-0.25, -0.2) is 0 Å². The number of carbonyl (C=O) groups excluding carboxylic acids is 2. The summed E-state index contributed by atoms with van der Waals surface area (Å²) in [5, 5.41) is 10.7. The maximum Gasteiger partial charge on any atom is 1.00 e. The van der Waals surface area contributed by atoms with E-state index in [1.807, 2.05) is 0 Å². The molecule has 17 heavy (non-hydrogen) atoms. The molecule has 0 fully saturated rings. The number of hydrogen-bond acceptors (Lipinski definition) is 6. The Morgan fingerprint density at radius 2 is 1.88 bits per heavy atom. The number of esters is 1. The van der Waals surface area contributed by atoms with Crippen LogP contribution in [-0.4, -0.2) is 36.8 Å². The normalized spacial score (nSPS) is 16.2. The van der Waals surface area contributed by atoms with Crippen LogP contribution in [0.5, 0.6) is 0 Å². The van der Waals surface area contributed by atoms with Crippen molar-refractivity contribution in [2.75, 3.05) is 7.11 Å². The Morgan fingerprint density at radius 1 is 1.47 bits per heavy atom. The molecule has 2 atom stereocenters. The molecule has 0 aromatic carbocycles. The second-order valence-electron chi connectivity index (χ2n) is 3.25. The van der Waals surface area contributed by atoms with Crippen molar-refractivity contribution in [1.29, 1.82) is 0 Å². The quantitative estimate of drug-likeness (QED) is 0.305. The summed E-state index contributed by atoms with van der Waals surface area (Å²) in [4.78, 5) is 22.1. The zero-order valence-electron chi connectivity index (χ0n) is 10.1. The van der Waals surface area contributed by atoms with E-state index in [1.165, 1.54) is 6.92 Å². The first-order chi connectivity index (χ1) is 7.15. The molecule has 0 saturated carbocycles. The zero-order valence-corrected chi connectivity index (χ0v) is 12.9. The van der Waals surface area contributed by atoms with Gasteiger partial charge in [-0.2, -0.15) is 8.42 Å². The van der Waals surface area contributed by atoms with Gasteiger partial charge in [0.2, 0.25) is 4.75 Å². The summed E-state index contributed by atoms with van der Waals surface area (Å²) in [5.74, 6) is -4.81. The Kier molecular flexibility index (Phi) is 7.56. The molecule has 0 heterocycles. The molecule has 0 aromatic rings. The van der Waals surface area contributed by atoms with Crippen LogP contribution in [0.3, 0.4) is 0 Å². The van der Waals surface area contributed by atoms with Gasteiger partial charge in [0.25, 0.3) is 10.1 Å². The third-order valence-electron chi connectivity index (χ3n) is 2.57. The fourth-order valence-corrected chi connectivity index (χ4v) is 2.70. The molecular weight excluding hydrogens is 263 g/mol. The topological polar surface area (TPSA) is 121 Å². The number of carboxylic acids is 1. The van der Waals surface area contributed by atoms with Crippen molar-refractivity contribution in [3.8, 4) is 0 Å². The van der Waals surface area contributed by atoms with Gasteiger partial charge in [-0.3, -0.25) is 9.35 Å². The zero-order chi connectivity index (χ0) is 13.1. The second kappa shape index (κ2) is 6.69. The van der Waals surface area contributed by atoms with Gasteiger partial charge in [0.05, 0.1) is 7.11 Å². The first-order valence-electron chi connectivity index (χ1n) is 4.41. The summed E-state index contributed by atoms with van der Waals surface area (Å²) in [5.41, 5.74) is 0. The molecule has 0 radical (unpaired) electrons. The Morgan fingerprint density at radius 3 is 2.06 bits per heavy atom. The average molecular weight is 276 g/mol. The van der Waals surface area contributed by atoms with E-state index in [-0.39, 0.29) is 29.6 Å². The molecule has 9 heteroatoms. The van der Waals surface area contributed by atoms with Crippen molar-refractivity contribution in [1.82, 2.24) is 0 Å². The van der Waals surface area contributed by atoms with Crippen molar-refractivity contribution in [2.24, 2.45) is 5.92 Å². The Hall–Kier alpha value is -0.150. The Labute approximate surface area is 122 Å². The molecule has 0 aliphatic carbocycles. The van der Waals surface area contributed by atoms with Gasteiger partial charge in [0, 0.05) is 11.9 Å². The molecule has 7 nitrogen and oxygen atoms in total. The third kappa shape index (κ3) is 3.41. The van der Waals surface area contributed by atoms with E-state index >= 15 is 0 Å². The van der Waals surface area contributed by atoms with Gasteiger partial charge >= 0.3 is 35.5 Å². The van der Waals surface area contributed by atoms with Crippen LogP contribution in [0, 0.1) is 5.92 Å². The van der Waals surface area contributed by atoms with Crippen LogP contribution < -0.4 is 34.7 Å². The molecule has 0 amide bonds. The maximum absolute atomic E-state index is 11.4. The van der Waals surface area contributed by atoms with Crippen molar-refractivity contribution in [3.05, 3.63) is 0 Å². The predicted molar refractivity (Wildman–Crippen MR) is 50.8 cm³/mol. The van der Waals surface area contributed by atoms with E-state index in [1.54, 1.807) is 0 Å². The van der Waals surface area contributed by atoms with Crippen LogP contribution in [0.1, 0.15) is 20.3 Å². The fourth-order valence-electron chi connectivity index (χ4n) is 1.50. The standard InChI is InChI=1S/C8H14O7S.Na/c1-4-8(7(11)15-3,16(12,13)14)5(2)6(9)10;/h5H,4H2,1-3H3,(H,9,10)(H,12,13,14);/q;+1/p-1. The van der Waals surface area contributed by atoms with Crippen LogP contribution >= 0.6 is 0 Å². The number of carboxylic acid groups (broad SMARTS) is 1. The molecule has 0 aliphatic heterocycles. The molecule has 2 unspecified atom stereocenters. The monoisotopic (exact) mass is 276 g/mol. The summed E-state index contributed by atoms with van der Waals surface area (Å²) in [6.45, 7) is 2.22. The van der Waals surface area contributed by atoms with Crippen LogP contribution in [-0.2, 0) is 24.4 Å². The number of rotatable bonds is 5. The van der Waals surface area contributed by atoms with Crippen LogP contribution in [0.15, 0.2) is 0 Å². The molecule has 0 rings (SSSR count). The predicted octanol–water partition coefficient (Wildman–Crippen LogP) is -4.41. The van der Waals surface area contributed by atoms with Crippen molar-refractivity contribution >= 4 is 22.1 Å². The number of carbonyl (C=O) groups is 2. The van der Waals surface area contributed by atoms with Gasteiger partial charge < -0.3 is 14.6 Å². The van der Waals surface area contributed by atoms with E-state index in [2.05, 4.69) is 4.74 Å². The first kappa shape index (κ1) is 19.2. The first-order valence-corrected chi connectivity index (χ1v) is 5.85. The number of hydrogen-bond donors (Lipinski definition) is 1. The third-order valence-corrected chi connectivity index (χ3v) is 4.30. The molecule has 0 aromatic heterocycles. The minimum atomic E-state index is -4.93. The largest absolute Gasteiger partial charge is 1.00 e. The van der Waals surface area contributed by atoms with Gasteiger partial charge in [-0.1, -0.05) is 13.8 Å². The van der Waals surface area contributed by atoms with Gasteiger partial charge in [0.1, 0.15) is 0 Å². The van der Waals surface area contributed by atoms with Gasteiger partial charge in [-0.15, -0.1) is 0 Å². The second-order valence-corrected chi connectivity index (χ2v) is 4.93. The van der Waals surface area contributed by atoms with E-state index in [4.69, 9.17) is 4.55 Å². The summed E-state index contributed by atoms with van der Waals surface area (Å²) >= 11 is 0. The van der Waals surface area contributed by atoms with Crippen LogP contribution in [0.2, 0.25) is 0 Å². The smallest absolute Gasteiger partial charge is 0.550 e. The Balaban J connectivity index is 0. The Bertz CT molecular complexity index is 391. The van der Waals surface area contributed by atoms with E-state index in [0.717, 1.165) is 14.0 Å². The van der Waals surface area contributed by atoms with Crippen molar-refractivity contribution < 1.29 is 62.0 Å². The summed E-state index contributed by atoms with van der Waals surface area (Å²) < 4.78 is 33.1. The molecule has 0 bridgehead atoms. The van der Waals surface area contributed by atoms with Crippen molar-refractivity contribution in [3.63, 3.8) is 0 Å². The van der Waals surface area contributed by atoms with E-state index < -0.39 is 39.1 Å². The average Bonchev–Trinajstić information content (AvgIpc) is 2.16. The van der Waals surface area contributed by atoms with Crippen LogP contribution in [0.25, 0.3) is 0 Å². The summed E-state index contributed by atoms with van der Waals surface area (Å²) in [6, 6.07) is 0. The molecule has 0 saturated heterocycles. The molecule has 0 spiro atoms. The molecule has 0 aliphatic rings. The van der Waals surface area contributed by atoms with Crippen LogP contribution in [0.4, 0.5) is 0 Å². The fraction of sp³-hybridized carbons (Fsp3) is 0.750. The molecule has 94 valence electrons. The van der Waals surface area contributed by atoms with Crippen molar-refractivity contribution in [2.45, 2.75) is 25.0 Å².